The fourth-order valence-electron chi connectivity index (χ4n) is 1.22. The molecule has 0 fully saturated rings. The fourth-order valence-corrected chi connectivity index (χ4v) is 1.54. The first-order valence-electron chi connectivity index (χ1n) is 4.20. The zero-order valence-corrected chi connectivity index (χ0v) is 9.36. The Labute approximate surface area is 103 Å². The molecule has 0 aliphatic heterocycles. The lowest BCUT2D eigenvalue weighted by molar-refractivity contribution is -0.283. The maximum atomic E-state index is 12.4. The van der Waals surface area contributed by atoms with Crippen LogP contribution in [0.3, 0.4) is 0 Å². The highest BCUT2D eigenvalue weighted by atomic mass is 35.5. The van der Waals surface area contributed by atoms with Gasteiger partial charge in [-0.3, -0.25) is 4.98 Å². The van der Waals surface area contributed by atoms with Gasteiger partial charge < -0.3 is 5.11 Å². The molecule has 0 saturated carbocycles. The summed E-state index contributed by atoms with van der Waals surface area (Å²) < 4.78 is 37.2. The summed E-state index contributed by atoms with van der Waals surface area (Å²) in [6.07, 6.45) is -4.84. The van der Waals surface area contributed by atoms with Crippen LogP contribution in [0.1, 0.15) is 5.69 Å². The highest BCUT2D eigenvalue weighted by molar-refractivity contribution is 6.42. The van der Waals surface area contributed by atoms with Gasteiger partial charge in [-0.2, -0.15) is 13.2 Å². The van der Waals surface area contributed by atoms with Crippen LogP contribution >= 0.6 is 23.2 Å². The van der Waals surface area contributed by atoms with Crippen molar-refractivity contribution in [2.45, 2.75) is 6.18 Å². The quantitative estimate of drug-likeness (QED) is 0.746. The SMILES string of the molecule is [O-]c1nc2cc(Cl)c(Cl)cc2nc1C(F)(F)F. The third-order valence-corrected chi connectivity index (χ3v) is 2.66. The summed E-state index contributed by atoms with van der Waals surface area (Å²) in [4.78, 5) is 6.47. The number of nitrogens with zero attached hydrogens (tertiary/aromatic N) is 2. The normalized spacial score (nSPS) is 12.1. The van der Waals surface area contributed by atoms with E-state index in [9.17, 15) is 18.3 Å². The molecule has 1 aromatic heterocycles. The van der Waals surface area contributed by atoms with E-state index >= 15 is 0 Å². The van der Waals surface area contributed by atoms with Gasteiger partial charge in [0.05, 0.1) is 21.1 Å². The Hall–Kier alpha value is -1.27. The van der Waals surface area contributed by atoms with Crippen LogP contribution in [0.5, 0.6) is 5.88 Å². The Morgan fingerprint density at radius 2 is 1.47 bits per heavy atom. The van der Waals surface area contributed by atoms with E-state index in [0.29, 0.717) is 0 Å². The van der Waals surface area contributed by atoms with Gasteiger partial charge in [0.25, 0.3) is 0 Å². The predicted molar refractivity (Wildman–Crippen MR) is 54.0 cm³/mol. The van der Waals surface area contributed by atoms with Crippen LogP contribution in [0, 0.1) is 0 Å². The number of halogens is 5. The van der Waals surface area contributed by atoms with Gasteiger partial charge in [0.2, 0.25) is 0 Å². The fraction of sp³-hybridized carbons (Fsp3) is 0.111. The average molecular weight is 282 g/mol. The van der Waals surface area contributed by atoms with E-state index in [1.807, 2.05) is 0 Å². The first kappa shape index (κ1) is 12.2. The second kappa shape index (κ2) is 3.89. The molecule has 90 valence electrons. The molecule has 0 saturated heterocycles. The van der Waals surface area contributed by atoms with Gasteiger partial charge in [-0.15, -0.1) is 0 Å². The standard InChI is InChI=1S/C9H3Cl2F3N2O/c10-3-1-5-6(2-4(3)11)16-8(17)7(15-5)9(12,13)14/h1-2H,(H,16,17)/p-1. The Kier molecular flexibility index (Phi) is 2.79. The van der Waals surface area contributed by atoms with Crippen molar-refractivity contribution < 1.29 is 18.3 Å². The third kappa shape index (κ3) is 2.23. The van der Waals surface area contributed by atoms with Crippen LogP contribution in [-0.4, -0.2) is 9.97 Å². The van der Waals surface area contributed by atoms with Crippen molar-refractivity contribution in [3.63, 3.8) is 0 Å². The first-order valence-corrected chi connectivity index (χ1v) is 4.95. The number of fused-ring (bicyclic) bond motifs is 1. The summed E-state index contributed by atoms with van der Waals surface area (Å²) in [6, 6.07) is 2.31. The summed E-state index contributed by atoms with van der Waals surface area (Å²) in [5, 5.41) is 11.2. The molecule has 8 heteroatoms. The molecule has 0 unspecified atom stereocenters. The number of aromatic nitrogens is 2. The Balaban J connectivity index is 2.76. The van der Waals surface area contributed by atoms with E-state index in [4.69, 9.17) is 23.2 Å². The van der Waals surface area contributed by atoms with E-state index in [0.717, 1.165) is 6.07 Å². The minimum absolute atomic E-state index is 0.0302. The monoisotopic (exact) mass is 281 g/mol. The van der Waals surface area contributed by atoms with Crippen molar-refractivity contribution in [1.29, 1.82) is 0 Å². The highest BCUT2D eigenvalue weighted by Crippen LogP contribution is 2.34. The molecule has 3 nitrogen and oxygen atoms in total. The van der Waals surface area contributed by atoms with Crippen molar-refractivity contribution in [3.8, 4) is 5.88 Å². The number of benzene rings is 1. The van der Waals surface area contributed by atoms with Gasteiger partial charge in [-0.1, -0.05) is 23.2 Å². The maximum absolute atomic E-state index is 12.4. The molecule has 0 amide bonds. The number of hydrogen-bond donors (Lipinski definition) is 0. The zero-order chi connectivity index (χ0) is 12.8. The van der Waals surface area contributed by atoms with Gasteiger partial charge in [0.15, 0.2) is 5.69 Å². The van der Waals surface area contributed by atoms with Gasteiger partial charge in [0, 0.05) is 5.88 Å². The van der Waals surface area contributed by atoms with E-state index < -0.39 is 17.8 Å². The van der Waals surface area contributed by atoms with E-state index in [2.05, 4.69) is 9.97 Å². The van der Waals surface area contributed by atoms with Crippen LogP contribution < -0.4 is 5.11 Å². The van der Waals surface area contributed by atoms with E-state index in [-0.39, 0.29) is 21.1 Å². The molecule has 17 heavy (non-hydrogen) atoms. The molecule has 2 aromatic rings. The predicted octanol–water partition coefficient (Wildman–Crippen LogP) is 3.03. The molecular formula is C9H2Cl2F3N2O-. The van der Waals surface area contributed by atoms with Gasteiger partial charge in [0.1, 0.15) is 0 Å². The third-order valence-electron chi connectivity index (χ3n) is 1.94. The van der Waals surface area contributed by atoms with Crippen LogP contribution in [0.2, 0.25) is 10.0 Å². The summed E-state index contributed by atoms with van der Waals surface area (Å²) in [7, 11) is 0. The van der Waals surface area contributed by atoms with Gasteiger partial charge in [-0.25, -0.2) is 4.98 Å². The Bertz CT molecular complexity index is 601. The molecular weight excluding hydrogens is 280 g/mol. The molecule has 2 rings (SSSR count). The Morgan fingerprint density at radius 1 is 1.00 bits per heavy atom. The van der Waals surface area contributed by atoms with Crippen molar-refractivity contribution >= 4 is 34.2 Å². The molecule has 0 bridgehead atoms. The lowest BCUT2D eigenvalue weighted by Crippen LogP contribution is -2.14. The summed E-state index contributed by atoms with van der Waals surface area (Å²) in [6.45, 7) is 0. The maximum Gasteiger partial charge on any atom is 0.434 e. The lowest BCUT2D eigenvalue weighted by atomic mass is 10.3. The number of rotatable bonds is 0. The average Bonchev–Trinajstić information content (AvgIpc) is 2.18. The molecule has 0 aliphatic rings. The topological polar surface area (TPSA) is 48.8 Å². The second-order valence-corrected chi connectivity index (χ2v) is 3.94. The lowest BCUT2D eigenvalue weighted by Gasteiger charge is -2.14. The van der Waals surface area contributed by atoms with Crippen molar-refractivity contribution in [3.05, 3.63) is 27.9 Å². The molecule has 0 atom stereocenters. The van der Waals surface area contributed by atoms with Crippen molar-refractivity contribution in [2.24, 2.45) is 0 Å². The van der Waals surface area contributed by atoms with Crippen LogP contribution in [0.15, 0.2) is 12.1 Å². The second-order valence-electron chi connectivity index (χ2n) is 3.13. The molecule has 0 N–H and O–H groups in total. The van der Waals surface area contributed by atoms with Crippen LogP contribution in [0.25, 0.3) is 11.0 Å². The molecule has 1 heterocycles. The largest absolute Gasteiger partial charge is 0.857 e. The number of alkyl halides is 3. The summed E-state index contributed by atoms with van der Waals surface area (Å²) in [5.41, 5.74) is -1.73. The summed E-state index contributed by atoms with van der Waals surface area (Å²) in [5.74, 6) is -1.44. The molecule has 0 aliphatic carbocycles. The first-order chi connectivity index (χ1) is 7.79. The van der Waals surface area contributed by atoms with Gasteiger partial charge in [-0.05, 0) is 12.1 Å². The van der Waals surface area contributed by atoms with Crippen molar-refractivity contribution in [1.82, 2.24) is 9.97 Å². The van der Waals surface area contributed by atoms with E-state index in [1.165, 1.54) is 6.07 Å². The molecule has 0 radical (unpaired) electrons. The van der Waals surface area contributed by atoms with Crippen molar-refractivity contribution in [2.75, 3.05) is 0 Å². The minimum atomic E-state index is -4.84. The van der Waals surface area contributed by atoms with Gasteiger partial charge >= 0.3 is 6.18 Å². The summed E-state index contributed by atoms with van der Waals surface area (Å²) >= 11 is 11.3. The minimum Gasteiger partial charge on any atom is -0.857 e. The molecule has 1 aromatic carbocycles. The highest BCUT2D eigenvalue weighted by Gasteiger charge is 2.34. The van der Waals surface area contributed by atoms with E-state index in [1.54, 1.807) is 0 Å². The molecule has 0 spiro atoms. The Morgan fingerprint density at radius 3 is 1.94 bits per heavy atom. The van der Waals surface area contributed by atoms with Crippen LogP contribution in [-0.2, 0) is 6.18 Å². The number of hydrogen-bond acceptors (Lipinski definition) is 3. The smallest absolute Gasteiger partial charge is 0.434 e. The zero-order valence-electron chi connectivity index (χ0n) is 7.85. The van der Waals surface area contributed by atoms with Crippen LogP contribution in [0.4, 0.5) is 13.2 Å².